The highest BCUT2D eigenvalue weighted by Gasteiger charge is 2.38. The van der Waals surface area contributed by atoms with Gasteiger partial charge in [0.05, 0.1) is 18.4 Å². The summed E-state index contributed by atoms with van der Waals surface area (Å²) in [6, 6.07) is 4.16. The number of nitrogens with zero attached hydrogens (tertiary/aromatic N) is 3. The summed E-state index contributed by atoms with van der Waals surface area (Å²) in [4.78, 5) is 8.17. The van der Waals surface area contributed by atoms with Gasteiger partial charge in [0, 0.05) is 12.3 Å². The van der Waals surface area contributed by atoms with Crippen LogP contribution in [0.25, 0.3) is 0 Å². The summed E-state index contributed by atoms with van der Waals surface area (Å²) < 4.78 is 5.26. The van der Waals surface area contributed by atoms with Crippen molar-refractivity contribution < 1.29 is 4.74 Å². The van der Waals surface area contributed by atoms with E-state index in [1.54, 1.807) is 0 Å². The molecule has 2 rings (SSSR count). The lowest BCUT2D eigenvalue weighted by molar-refractivity contribution is 0.186. The van der Waals surface area contributed by atoms with Crippen molar-refractivity contribution in [1.82, 2.24) is 9.97 Å². The zero-order chi connectivity index (χ0) is 10.0. The normalized spacial score (nSPS) is 26.0. The Morgan fingerprint density at radius 3 is 3.00 bits per heavy atom. The SMILES string of the molecule is Cc1cc(C2(C#N)CCOC2)ncn1. The van der Waals surface area contributed by atoms with Gasteiger partial charge in [0.1, 0.15) is 11.7 Å². The van der Waals surface area contributed by atoms with Crippen molar-refractivity contribution in [3.63, 3.8) is 0 Å². The van der Waals surface area contributed by atoms with E-state index in [-0.39, 0.29) is 0 Å². The van der Waals surface area contributed by atoms with Crippen LogP contribution in [0.5, 0.6) is 0 Å². The van der Waals surface area contributed by atoms with Gasteiger partial charge in [0.15, 0.2) is 0 Å². The van der Waals surface area contributed by atoms with E-state index in [0.717, 1.165) is 17.8 Å². The van der Waals surface area contributed by atoms with E-state index < -0.39 is 5.41 Å². The average Bonchev–Trinajstić information content (AvgIpc) is 2.67. The van der Waals surface area contributed by atoms with Gasteiger partial charge in [0.2, 0.25) is 0 Å². The molecule has 4 nitrogen and oxygen atoms in total. The van der Waals surface area contributed by atoms with Crippen LogP contribution in [0.2, 0.25) is 0 Å². The van der Waals surface area contributed by atoms with Crippen molar-refractivity contribution in [1.29, 1.82) is 5.26 Å². The van der Waals surface area contributed by atoms with Gasteiger partial charge in [0.25, 0.3) is 0 Å². The average molecular weight is 189 g/mol. The molecule has 0 aliphatic carbocycles. The van der Waals surface area contributed by atoms with Crippen LogP contribution in [-0.2, 0) is 10.2 Å². The first-order valence-electron chi connectivity index (χ1n) is 4.55. The van der Waals surface area contributed by atoms with Crippen LogP contribution in [0.3, 0.4) is 0 Å². The summed E-state index contributed by atoms with van der Waals surface area (Å²) in [6.07, 6.45) is 2.22. The molecule has 1 atom stereocenters. The van der Waals surface area contributed by atoms with Gasteiger partial charge in [-0.15, -0.1) is 0 Å². The molecule has 2 heterocycles. The first kappa shape index (κ1) is 9.10. The third-order valence-electron chi connectivity index (χ3n) is 2.53. The van der Waals surface area contributed by atoms with Crippen molar-refractivity contribution >= 4 is 0 Å². The van der Waals surface area contributed by atoms with Gasteiger partial charge in [-0.3, -0.25) is 0 Å². The molecule has 4 heteroatoms. The maximum absolute atomic E-state index is 9.17. The fourth-order valence-electron chi connectivity index (χ4n) is 1.63. The molecule has 1 aliphatic heterocycles. The maximum Gasteiger partial charge on any atom is 0.125 e. The van der Waals surface area contributed by atoms with E-state index in [1.165, 1.54) is 6.33 Å². The molecule has 0 radical (unpaired) electrons. The number of aromatic nitrogens is 2. The van der Waals surface area contributed by atoms with Crippen molar-refractivity contribution in [2.24, 2.45) is 0 Å². The summed E-state index contributed by atoms with van der Waals surface area (Å²) in [7, 11) is 0. The second kappa shape index (κ2) is 3.35. The third-order valence-corrected chi connectivity index (χ3v) is 2.53. The minimum atomic E-state index is -0.548. The van der Waals surface area contributed by atoms with E-state index >= 15 is 0 Å². The molecule has 14 heavy (non-hydrogen) atoms. The molecule has 1 aliphatic rings. The van der Waals surface area contributed by atoms with E-state index in [2.05, 4.69) is 16.0 Å². The first-order chi connectivity index (χ1) is 6.77. The predicted molar refractivity (Wildman–Crippen MR) is 49.5 cm³/mol. The topological polar surface area (TPSA) is 58.8 Å². The number of rotatable bonds is 1. The zero-order valence-electron chi connectivity index (χ0n) is 8.03. The predicted octanol–water partition coefficient (Wildman–Crippen LogP) is 0.967. The van der Waals surface area contributed by atoms with Crippen LogP contribution >= 0.6 is 0 Å². The molecule has 0 bridgehead atoms. The lowest BCUT2D eigenvalue weighted by atomic mass is 9.85. The van der Waals surface area contributed by atoms with E-state index in [0.29, 0.717) is 13.2 Å². The first-order valence-corrected chi connectivity index (χ1v) is 4.55. The Morgan fingerprint density at radius 2 is 2.43 bits per heavy atom. The van der Waals surface area contributed by atoms with Crippen molar-refractivity contribution in [2.45, 2.75) is 18.8 Å². The highest BCUT2D eigenvalue weighted by atomic mass is 16.5. The minimum absolute atomic E-state index is 0.444. The summed E-state index contributed by atoms with van der Waals surface area (Å²) in [5.41, 5.74) is 1.12. The van der Waals surface area contributed by atoms with Crippen molar-refractivity contribution in [3.8, 4) is 6.07 Å². The summed E-state index contributed by atoms with van der Waals surface area (Å²) in [5, 5.41) is 9.17. The monoisotopic (exact) mass is 189 g/mol. The van der Waals surface area contributed by atoms with Crippen LogP contribution in [-0.4, -0.2) is 23.2 Å². The molecule has 0 saturated carbocycles. The van der Waals surface area contributed by atoms with Gasteiger partial charge in [-0.05, 0) is 19.4 Å². The van der Waals surface area contributed by atoms with Crippen LogP contribution in [0, 0.1) is 18.3 Å². The Balaban J connectivity index is 2.42. The Hall–Kier alpha value is -1.47. The molecule has 0 spiro atoms. The molecule has 0 amide bonds. The molecule has 0 aromatic carbocycles. The Kier molecular flexibility index (Phi) is 2.18. The minimum Gasteiger partial charge on any atom is -0.379 e. The van der Waals surface area contributed by atoms with Crippen molar-refractivity contribution in [2.75, 3.05) is 13.2 Å². The van der Waals surface area contributed by atoms with E-state index in [1.807, 2.05) is 13.0 Å². The largest absolute Gasteiger partial charge is 0.379 e. The van der Waals surface area contributed by atoms with Crippen LogP contribution in [0.15, 0.2) is 12.4 Å². The molecule has 0 N–H and O–H groups in total. The van der Waals surface area contributed by atoms with Gasteiger partial charge >= 0.3 is 0 Å². The molecular formula is C10H11N3O. The fourth-order valence-corrected chi connectivity index (χ4v) is 1.63. The molecular weight excluding hydrogens is 178 g/mol. The number of hydrogen-bond acceptors (Lipinski definition) is 4. The summed E-state index contributed by atoms with van der Waals surface area (Å²) in [6.45, 7) is 2.97. The maximum atomic E-state index is 9.17. The van der Waals surface area contributed by atoms with Crippen LogP contribution < -0.4 is 0 Å². The highest BCUT2D eigenvalue weighted by Crippen LogP contribution is 2.30. The number of ether oxygens (including phenoxy) is 1. The molecule has 1 saturated heterocycles. The molecule has 1 aromatic heterocycles. The standard InChI is InChI=1S/C10H11N3O/c1-8-4-9(13-7-12-8)10(5-11)2-3-14-6-10/h4,7H,2-3,6H2,1H3. The Bertz CT molecular complexity index is 377. The number of aryl methyl sites for hydroxylation is 1. The van der Waals surface area contributed by atoms with Gasteiger partial charge in [-0.25, -0.2) is 9.97 Å². The van der Waals surface area contributed by atoms with E-state index in [4.69, 9.17) is 4.74 Å². The van der Waals surface area contributed by atoms with Crippen molar-refractivity contribution in [3.05, 3.63) is 23.8 Å². The number of hydrogen-bond donors (Lipinski definition) is 0. The quantitative estimate of drug-likeness (QED) is 0.660. The molecule has 1 aromatic rings. The fraction of sp³-hybridized carbons (Fsp3) is 0.500. The second-order valence-corrected chi connectivity index (χ2v) is 3.54. The molecule has 1 unspecified atom stereocenters. The van der Waals surface area contributed by atoms with Gasteiger partial charge in [-0.2, -0.15) is 5.26 Å². The second-order valence-electron chi connectivity index (χ2n) is 3.54. The number of nitriles is 1. The molecule has 72 valence electrons. The lowest BCUT2D eigenvalue weighted by Crippen LogP contribution is -2.25. The summed E-state index contributed by atoms with van der Waals surface area (Å²) >= 11 is 0. The van der Waals surface area contributed by atoms with Gasteiger partial charge in [-0.1, -0.05) is 0 Å². The van der Waals surface area contributed by atoms with Crippen LogP contribution in [0.4, 0.5) is 0 Å². The highest BCUT2D eigenvalue weighted by molar-refractivity contribution is 5.28. The summed E-state index contributed by atoms with van der Waals surface area (Å²) in [5.74, 6) is 0. The Labute approximate surface area is 82.6 Å². The van der Waals surface area contributed by atoms with Crippen LogP contribution in [0.1, 0.15) is 17.8 Å². The zero-order valence-corrected chi connectivity index (χ0v) is 8.03. The molecule has 1 fully saturated rings. The smallest absolute Gasteiger partial charge is 0.125 e. The van der Waals surface area contributed by atoms with E-state index in [9.17, 15) is 5.26 Å². The van der Waals surface area contributed by atoms with Gasteiger partial charge < -0.3 is 4.74 Å². The lowest BCUT2D eigenvalue weighted by Gasteiger charge is -2.17. The third kappa shape index (κ3) is 1.36. The Morgan fingerprint density at radius 1 is 1.57 bits per heavy atom.